The average Bonchev–Trinajstić information content (AvgIpc) is 2.50. The van der Waals surface area contributed by atoms with Crippen LogP contribution in [0, 0.1) is 0 Å². The summed E-state index contributed by atoms with van der Waals surface area (Å²) < 4.78 is 7.46. The van der Waals surface area contributed by atoms with Crippen LogP contribution in [0.25, 0.3) is 0 Å². The Morgan fingerprint density at radius 1 is 1.24 bits per heavy atom. The zero-order valence-corrected chi connectivity index (χ0v) is 13.2. The highest BCUT2D eigenvalue weighted by Gasteiger charge is 2.21. The van der Waals surface area contributed by atoms with Gasteiger partial charge in [0.05, 0.1) is 0 Å². The van der Waals surface area contributed by atoms with Gasteiger partial charge in [0, 0.05) is 16.7 Å². The van der Waals surface area contributed by atoms with E-state index >= 15 is 0 Å². The fourth-order valence-electron chi connectivity index (χ4n) is 2.02. The molecule has 2 aromatic rings. The fourth-order valence-corrected chi connectivity index (χ4v) is 2.37. The van der Waals surface area contributed by atoms with Gasteiger partial charge < -0.3 is 9.30 Å². The topological polar surface area (TPSA) is 48.3 Å². The molecule has 110 valence electrons. The van der Waals surface area contributed by atoms with Crippen molar-refractivity contribution in [3.63, 3.8) is 0 Å². The van der Waals surface area contributed by atoms with Crippen LogP contribution >= 0.6 is 15.9 Å². The van der Waals surface area contributed by atoms with Crippen LogP contribution in [0.15, 0.2) is 57.9 Å². The molecule has 0 amide bonds. The molecular formula is C16H16BrNO3. The Bertz CT molecular complexity index is 667. The summed E-state index contributed by atoms with van der Waals surface area (Å²) in [6.45, 7) is 2.06. The number of pyridine rings is 1. The molecule has 0 saturated heterocycles. The Hall–Kier alpha value is -1.88. The molecule has 0 fully saturated rings. The molecule has 5 heteroatoms. The van der Waals surface area contributed by atoms with Crippen LogP contribution < -0.4 is 5.56 Å². The number of carbonyl (C=O) groups excluding carboxylic acids is 1. The van der Waals surface area contributed by atoms with Gasteiger partial charge in [-0.25, -0.2) is 4.79 Å². The van der Waals surface area contributed by atoms with E-state index in [4.69, 9.17) is 4.74 Å². The number of hydrogen-bond donors (Lipinski definition) is 0. The molecule has 0 radical (unpaired) electrons. The summed E-state index contributed by atoms with van der Waals surface area (Å²) in [7, 11) is 0. The molecule has 21 heavy (non-hydrogen) atoms. The maximum absolute atomic E-state index is 12.2. The van der Waals surface area contributed by atoms with Crippen LogP contribution in [0.2, 0.25) is 0 Å². The Morgan fingerprint density at radius 3 is 2.62 bits per heavy atom. The highest BCUT2D eigenvalue weighted by molar-refractivity contribution is 9.10. The third-order valence-corrected chi connectivity index (χ3v) is 3.59. The van der Waals surface area contributed by atoms with Crippen molar-refractivity contribution in [3.8, 4) is 0 Å². The number of carbonyl (C=O) groups is 1. The van der Waals surface area contributed by atoms with E-state index in [2.05, 4.69) is 15.9 Å². The van der Waals surface area contributed by atoms with Crippen molar-refractivity contribution in [3.05, 3.63) is 69.1 Å². The van der Waals surface area contributed by atoms with Gasteiger partial charge in [-0.1, -0.05) is 37.3 Å². The molecule has 1 heterocycles. The van der Waals surface area contributed by atoms with Crippen molar-refractivity contribution in [2.45, 2.75) is 26.0 Å². The van der Waals surface area contributed by atoms with Gasteiger partial charge in [0.2, 0.25) is 0 Å². The van der Waals surface area contributed by atoms with Crippen LogP contribution in [0.4, 0.5) is 0 Å². The van der Waals surface area contributed by atoms with Gasteiger partial charge in [0.25, 0.3) is 5.56 Å². The minimum Gasteiger partial charge on any atom is -0.459 e. The monoisotopic (exact) mass is 349 g/mol. The summed E-state index contributed by atoms with van der Waals surface area (Å²) in [6.07, 6.45) is 2.10. The summed E-state index contributed by atoms with van der Waals surface area (Å²) in [4.78, 5) is 24.1. The van der Waals surface area contributed by atoms with Crippen molar-refractivity contribution in [2.24, 2.45) is 0 Å². The Kier molecular flexibility index (Phi) is 5.33. The van der Waals surface area contributed by atoms with Crippen molar-refractivity contribution in [2.75, 3.05) is 0 Å². The Balaban J connectivity index is 2.12. The van der Waals surface area contributed by atoms with Gasteiger partial charge in [0.1, 0.15) is 12.6 Å². The lowest BCUT2D eigenvalue weighted by Gasteiger charge is -2.17. The molecule has 0 N–H and O–H groups in total. The summed E-state index contributed by atoms with van der Waals surface area (Å²) in [5, 5.41) is 0. The van der Waals surface area contributed by atoms with E-state index in [9.17, 15) is 9.59 Å². The second-order valence-electron chi connectivity index (χ2n) is 4.61. The number of nitrogens with zero attached hydrogens (tertiary/aromatic N) is 1. The quantitative estimate of drug-likeness (QED) is 0.778. The summed E-state index contributed by atoms with van der Waals surface area (Å²) in [5.41, 5.74) is 0.698. The van der Waals surface area contributed by atoms with Gasteiger partial charge in [0.15, 0.2) is 0 Å². The smallest absolute Gasteiger partial charge is 0.329 e. The molecule has 0 bridgehead atoms. The SMILES string of the molecule is CCC(C(=O)OCc1ccccc1)n1cc(Br)ccc1=O. The van der Waals surface area contributed by atoms with E-state index in [0.717, 1.165) is 10.0 Å². The number of aromatic nitrogens is 1. The first kappa shape index (κ1) is 15.5. The molecule has 4 nitrogen and oxygen atoms in total. The lowest BCUT2D eigenvalue weighted by atomic mass is 10.2. The van der Waals surface area contributed by atoms with E-state index < -0.39 is 12.0 Å². The molecule has 0 aliphatic rings. The predicted octanol–water partition coefficient (Wildman–Crippen LogP) is 3.31. The number of esters is 1. The third kappa shape index (κ3) is 4.04. The standard InChI is InChI=1S/C16H16BrNO3/c1-2-14(18-10-13(17)8-9-15(18)19)16(20)21-11-12-6-4-3-5-7-12/h3-10,14H,2,11H2,1H3. The first-order chi connectivity index (χ1) is 10.1. The molecule has 0 aliphatic heterocycles. The van der Waals surface area contributed by atoms with E-state index in [1.54, 1.807) is 12.3 Å². The highest BCUT2D eigenvalue weighted by atomic mass is 79.9. The van der Waals surface area contributed by atoms with Gasteiger partial charge in [-0.05, 0) is 34.0 Å². The van der Waals surface area contributed by atoms with Crippen molar-refractivity contribution < 1.29 is 9.53 Å². The molecule has 0 aliphatic carbocycles. The number of halogens is 1. The molecule has 0 saturated carbocycles. The molecule has 1 aromatic carbocycles. The Labute approximate surface area is 131 Å². The first-order valence-corrected chi connectivity index (χ1v) is 7.49. The van der Waals surface area contributed by atoms with Gasteiger partial charge >= 0.3 is 5.97 Å². The van der Waals surface area contributed by atoms with E-state index in [1.165, 1.54) is 10.6 Å². The summed E-state index contributed by atoms with van der Waals surface area (Å²) in [5.74, 6) is -0.401. The number of rotatable bonds is 5. The van der Waals surface area contributed by atoms with Crippen molar-refractivity contribution >= 4 is 21.9 Å². The predicted molar refractivity (Wildman–Crippen MR) is 84.0 cm³/mol. The molecule has 0 spiro atoms. The number of ether oxygens (including phenoxy) is 1. The van der Waals surface area contributed by atoms with Gasteiger partial charge in [-0.2, -0.15) is 0 Å². The van der Waals surface area contributed by atoms with Crippen LogP contribution in [0.5, 0.6) is 0 Å². The first-order valence-electron chi connectivity index (χ1n) is 6.70. The lowest BCUT2D eigenvalue weighted by molar-refractivity contribution is -0.149. The normalized spacial score (nSPS) is 11.9. The number of benzene rings is 1. The van der Waals surface area contributed by atoms with Crippen molar-refractivity contribution in [1.29, 1.82) is 0 Å². The maximum atomic E-state index is 12.2. The number of hydrogen-bond acceptors (Lipinski definition) is 3. The maximum Gasteiger partial charge on any atom is 0.329 e. The zero-order chi connectivity index (χ0) is 15.2. The molecular weight excluding hydrogens is 334 g/mol. The molecule has 1 atom stereocenters. The zero-order valence-electron chi connectivity index (χ0n) is 11.7. The highest BCUT2D eigenvalue weighted by Crippen LogP contribution is 2.15. The van der Waals surface area contributed by atoms with Gasteiger partial charge in [-0.15, -0.1) is 0 Å². The largest absolute Gasteiger partial charge is 0.459 e. The molecule has 1 aromatic heterocycles. The van der Waals surface area contributed by atoms with Crippen LogP contribution in [-0.2, 0) is 16.1 Å². The van der Waals surface area contributed by atoms with E-state index in [0.29, 0.717) is 6.42 Å². The minimum absolute atomic E-state index is 0.207. The van der Waals surface area contributed by atoms with Crippen LogP contribution in [0.1, 0.15) is 24.9 Å². The third-order valence-electron chi connectivity index (χ3n) is 3.12. The van der Waals surface area contributed by atoms with Gasteiger partial charge in [-0.3, -0.25) is 4.79 Å². The molecule has 1 unspecified atom stereocenters. The van der Waals surface area contributed by atoms with E-state index in [1.807, 2.05) is 37.3 Å². The van der Waals surface area contributed by atoms with Crippen LogP contribution in [0.3, 0.4) is 0 Å². The van der Waals surface area contributed by atoms with Crippen LogP contribution in [-0.4, -0.2) is 10.5 Å². The molecule has 2 rings (SSSR count). The second kappa shape index (κ2) is 7.22. The van der Waals surface area contributed by atoms with Crippen molar-refractivity contribution in [1.82, 2.24) is 4.57 Å². The minimum atomic E-state index is -0.612. The lowest BCUT2D eigenvalue weighted by Crippen LogP contribution is -2.30. The summed E-state index contributed by atoms with van der Waals surface area (Å²) >= 11 is 3.31. The average molecular weight is 350 g/mol. The summed E-state index contributed by atoms with van der Waals surface area (Å²) in [6, 6.07) is 11.9. The van der Waals surface area contributed by atoms with E-state index in [-0.39, 0.29) is 12.2 Å². The fraction of sp³-hybridized carbons (Fsp3) is 0.250. The Morgan fingerprint density at radius 2 is 1.95 bits per heavy atom. The second-order valence-corrected chi connectivity index (χ2v) is 5.53.